The molecule has 1 aliphatic rings. The largest absolute Gasteiger partial charge is 0.573 e. The number of ether oxygens (including phenoxy) is 1. The van der Waals surface area contributed by atoms with Gasteiger partial charge in [-0.25, -0.2) is 0 Å². The molecule has 1 amide bonds. The van der Waals surface area contributed by atoms with Crippen molar-refractivity contribution >= 4 is 29.0 Å². The third kappa shape index (κ3) is 3.63. The predicted molar refractivity (Wildman–Crippen MR) is 64.5 cm³/mol. The van der Waals surface area contributed by atoms with Gasteiger partial charge in [0.15, 0.2) is 5.75 Å². The van der Waals surface area contributed by atoms with Crippen LogP contribution < -0.4 is 10.1 Å². The molecule has 0 spiro atoms. The maximum atomic E-state index is 12.2. The van der Waals surface area contributed by atoms with E-state index in [-0.39, 0.29) is 29.3 Å². The lowest BCUT2D eigenvalue weighted by Gasteiger charge is -2.23. The number of hydrogen-bond acceptors (Lipinski definition) is 3. The van der Waals surface area contributed by atoms with Crippen LogP contribution in [-0.2, 0) is 9.59 Å². The maximum absolute atomic E-state index is 12.2. The molecule has 1 aromatic rings. The fourth-order valence-electron chi connectivity index (χ4n) is 1.72. The van der Waals surface area contributed by atoms with Gasteiger partial charge >= 0.3 is 6.36 Å². The Kier molecular flexibility index (Phi) is 3.89. The number of amides is 1. The number of benzene rings is 1. The summed E-state index contributed by atoms with van der Waals surface area (Å²) in [5, 5.41) is 2.45. The zero-order valence-corrected chi connectivity index (χ0v) is 10.7. The first-order valence-corrected chi connectivity index (χ1v) is 6.00. The van der Waals surface area contributed by atoms with E-state index in [9.17, 15) is 22.8 Å². The van der Waals surface area contributed by atoms with E-state index in [0.717, 1.165) is 12.1 Å². The molecular formula is C12H9ClF3NO3. The molecule has 2 rings (SSSR count). The summed E-state index contributed by atoms with van der Waals surface area (Å²) in [4.78, 5) is 22.5. The molecule has 0 aromatic heterocycles. The van der Waals surface area contributed by atoms with Gasteiger partial charge in [0.1, 0.15) is 5.78 Å². The number of nitrogens with one attached hydrogen (secondary N) is 1. The molecule has 1 aliphatic carbocycles. The topological polar surface area (TPSA) is 55.4 Å². The summed E-state index contributed by atoms with van der Waals surface area (Å²) in [6, 6.07) is 3.38. The van der Waals surface area contributed by atoms with Gasteiger partial charge in [0.05, 0.1) is 11.6 Å². The molecule has 0 heterocycles. The molecule has 0 bridgehead atoms. The highest BCUT2D eigenvalue weighted by Crippen LogP contribution is 2.34. The molecule has 0 saturated heterocycles. The van der Waals surface area contributed by atoms with E-state index in [1.807, 2.05) is 0 Å². The fourth-order valence-corrected chi connectivity index (χ4v) is 1.90. The minimum atomic E-state index is -4.88. The van der Waals surface area contributed by atoms with Gasteiger partial charge in [-0.2, -0.15) is 0 Å². The number of hydrogen-bond donors (Lipinski definition) is 1. The SMILES string of the molecule is O=C1CC(C(=O)Nc2cc(Cl)ccc2OC(F)(F)F)C1. The maximum Gasteiger partial charge on any atom is 0.573 e. The number of anilines is 1. The van der Waals surface area contributed by atoms with E-state index < -0.39 is 23.9 Å². The van der Waals surface area contributed by atoms with Crippen LogP contribution in [0.2, 0.25) is 5.02 Å². The number of alkyl halides is 3. The van der Waals surface area contributed by atoms with Crippen LogP contribution in [0.4, 0.5) is 18.9 Å². The first kappa shape index (κ1) is 14.6. The first-order chi connectivity index (χ1) is 9.24. The lowest BCUT2D eigenvalue weighted by molar-refractivity contribution is -0.274. The summed E-state index contributed by atoms with van der Waals surface area (Å²) in [5.74, 6) is -1.65. The second kappa shape index (κ2) is 5.32. The first-order valence-electron chi connectivity index (χ1n) is 5.62. The molecule has 8 heteroatoms. The minimum absolute atomic E-state index is 0.0528. The molecule has 1 fully saturated rings. The summed E-state index contributed by atoms with van der Waals surface area (Å²) < 4.78 is 40.5. The van der Waals surface area contributed by atoms with Crippen molar-refractivity contribution in [2.24, 2.45) is 5.92 Å². The lowest BCUT2D eigenvalue weighted by Crippen LogP contribution is -2.34. The highest BCUT2D eigenvalue weighted by molar-refractivity contribution is 6.31. The molecule has 4 nitrogen and oxygen atoms in total. The molecule has 0 unspecified atom stereocenters. The molecule has 1 aromatic carbocycles. The quantitative estimate of drug-likeness (QED) is 0.933. The number of Topliss-reactive ketones (excluding diaryl/α,β-unsaturated/α-hetero) is 1. The van der Waals surface area contributed by atoms with Crippen LogP contribution in [0.5, 0.6) is 5.75 Å². The van der Waals surface area contributed by atoms with Gasteiger partial charge in [0.25, 0.3) is 0 Å². The summed E-state index contributed by atoms with van der Waals surface area (Å²) in [5.41, 5.74) is -0.181. The molecule has 1 N–H and O–H groups in total. The molecular weight excluding hydrogens is 299 g/mol. The van der Waals surface area contributed by atoms with Crippen molar-refractivity contribution in [1.82, 2.24) is 0 Å². The molecule has 0 radical (unpaired) electrons. The molecule has 20 heavy (non-hydrogen) atoms. The highest BCUT2D eigenvalue weighted by atomic mass is 35.5. The van der Waals surface area contributed by atoms with Gasteiger partial charge in [-0.1, -0.05) is 11.6 Å². The Morgan fingerprint density at radius 3 is 2.55 bits per heavy atom. The van der Waals surface area contributed by atoms with Crippen LogP contribution in [0.15, 0.2) is 18.2 Å². The molecule has 0 atom stereocenters. The summed E-state index contributed by atoms with van der Waals surface area (Å²) >= 11 is 5.68. The zero-order chi connectivity index (χ0) is 14.9. The van der Waals surface area contributed by atoms with E-state index in [0.29, 0.717) is 0 Å². The predicted octanol–water partition coefficient (Wildman–Crippen LogP) is 3.16. The lowest BCUT2D eigenvalue weighted by atomic mass is 9.83. The number of carbonyl (C=O) groups is 2. The van der Waals surface area contributed by atoms with Crippen molar-refractivity contribution in [3.8, 4) is 5.75 Å². The van der Waals surface area contributed by atoms with Gasteiger partial charge in [0.2, 0.25) is 5.91 Å². The second-order valence-electron chi connectivity index (χ2n) is 4.32. The van der Waals surface area contributed by atoms with E-state index in [2.05, 4.69) is 10.1 Å². The van der Waals surface area contributed by atoms with Crippen molar-refractivity contribution in [3.05, 3.63) is 23.2 Å². The molecule has 1 saturated carbocycles. The van der Waals surface area contributed by atoms with Crippen LogP contribution in [-0.4, -0.2) is 18.1 Å². The summed E-state index contributed by atoms with van der Waals surface area (Å²) in [6.45, 7) is 0. The monoisotopic (exact) mass is 307 g/mol. The third-order valence-corrected chi connectivity index (χ3v) is 2.98. The van der Waals surface area contributed by atoms with E-state index in [4.69, 9.17) is 11.6 Å². The van der Waals surface area contributed by atoms with E-state index >= 15 is 0 Å². The number of carbonyl (C=O) groups excluding carboxylic acids is 2. The van der Waals surface area contributed by atoms with Gasteiger partial charge in [-0.3, -0.25) is 9.59 Å². The van der Waals surface area contributed by atoms with Crippen LogP contribution in [0.1, 0.15) is 12.8 Å². The average Bonchev–Trinajstić information content (AvgIpc) is 2.27. The van der Waals surface area contributed by atoms with Crippen molar-refractivity contribution in [3.63, 3.8) is 0 Å². The van der Waals surface area contributed by atoms with E-state index in [1.54, 1.807) is 0 Å². The van der Waals surface area contributed by atoms with Crippen molar-refractivity contribution in [2.45, 2.75) is 19.2 Å². The summed E-state index contributed by atoms with van der Waals surface area (Å²) in [6.07, 6.45) is -4.68. The van der Waals surface area contributed by atoms with Gasteiger partial charge in [0, 0.05) is 17.9 Å². The number of halogens is 4. The Morgan fingerprint density at radius 2 is 2.00 bits per heavy atom. The smallest absolute Gasteiger partial charge is 0.404 e. The zero-order valence-electron chi connectivity index (χ0n) is 9.96. The van der Waals surface area contributed by atoms with Gasteiger partial charge in [-0.15, -0.1) is 13.2 Å². The second-order valence-corrected chi connectivity index (χ2v) is 4.76. The van der Waals surface area contributed by atoms with Crippen molar-refractivity contribution in [1.29, 1.82) is 0 Å². The Morgan fingerprint density at radius 1 is 1.35 bits per heavy atom. The van der Waals surface area contributed by atoms with Crippen LogP contribution in [0.25, 0.3) is 0 Å². The Labute approximate surface area is 116 Å². The van der Waals surface area contributed by atoms with Crippen molar-refractivity contribution in [2.75, 3.05) is 5.32 Å². The Balaban J connectivity index is 2.14. The van der Waals surface area contributed by atoms with Crippen LogP contribution in [0, 0.1) is 5.92 Å². The van der Waals surface area contributed by atoms with E-state index in [1.165, 1.54) is 6.07 Å². The third-order valence-electron chi connectivity index (χ3n) is 2.74. The number of rotatable bonds is 3. The number of ketones is 1. The minimum Gasteiger partial charge on any atom is -0.404 e. The fraction of sp³-hybridized carbons (Fsp3) is 0.333. The van der Waals surface area contributed by atoms with Crippen LogP contribution in [0.3, 0.4) is 0 Å². The van der Waals surface area contributed by atoms with Gasteiger partial charge in [-0.05, 0) is 18.2 Å². The standard InChI is InChI=1S/C12H9ClF3NO3/c13-7-1-2-10(20-12(14,15)16)9(5-7)17-11(19)6-3-8(18)4-6/h1-2,5-6H,3-4H2,(H,17,19). The average molecular weight is 308 g/mol. The Hall–Kier alpha value is -1.76. The van der Waals surface area contributed by atoms with Crippen LogP contribution >= 0.6 is 11.6 Å². The van der Waals surface area contributed by atoms with Crippen molar-refractivity contribution < 1.29 is 27.5 Å². The summed E-state index contributed by atoms with van der Waals surface area (Å²) in [7, 11) is 0. The van der Waals surface area contributed by atoms with Gasteiger partial charge < -0.3 is 10.1 Å². The Bertz CT molecular complexity index is 551. The highest BCUT2D eigenvalue weighted by Gasteiger charge is 2.35. The normalized spacial score (nSPS) is 15.7. The molecule has 108 valence electrons. The molecule has 0 aliphatic heterocycles.